The molecule has 0 fully saturated rings. The van der Waals surface area contributed by atoms with Crippen molar-refractivity contribution in [2.45, 2.75) is 45.4 Å². The normalized spacial score (nSPS) is 9.11. The van der Waals surface area contributed by atoms with E-state index in [2.05, 4.69) is 37.2 Å². The lowest BCUT2D eigenvalue weighted by Crippen LogP contribution is -1.91. The Morgan fingerprint density at radius 2 is 1.84 bits per heavy atom. The predicted molar refractivity (Wildman–Crippen MR) is 78.3 cm³/mol. The van der Waals surface area contributed by atoms with Gasteiger partial charge in [0.15, 0.2) is 5.78 Å². The van der Waals surface area contributed by atoms with Crippen molar-refractivity contribution in [2.75, 3.05) is 0 Å². The van der Waals surface area contributed by atoms with Crippen LogP contribution in [0, 0.1) is 23.7 Å². The minimum absolute atomic E-state index is 0.0842. The molecule has 0 rings (SSSR count). The van der Waals surface area contributed by atoms with Gasteiger partial charge in [-0.3, -0.25) is 9.59 Å². The molecule has 0 unspecified atom stereocenters. The molecule has 2 nitrogen and oxygen atoms in total. The van der Waals surface area contributed by atoms with Crippen LogP contribution in [0.4, 0.5) is 0 Å². The van der Waals surface area contributed by atoms with E-state index in [-0.39, 0.29) is 11.6 Å². The number of rotatable bonds is 8. The summed E-state index contributed by atoms with van der Waals surface area (Å²) in [7, 11) is 0. The Morgan fingerprint density at radius 1 is 1.11 bits per heavy atom. The smallest absolute Gasteiger partial charge is 0.229 e. The van der Waals surface area contributed by atoms with E-state index in [0.29, 0.717) is 6.42 Å². The molecule has 2 heteroatoms. The largest absolute Gasteiger partial charge is 0.295 e. The Hall–Kier alpha value is -2.06. The fourth-order valence-corrected chi connectivity index (χ4v) is 1.34. The van der Waals surface area contributed by atoms with Crippen LogP contribution in [-0.2, 0) is 9.59 Å². The van der Waals surface area contributed by atoms with E-state index in [9.17, 15) is 9.59 Å². The van der Waals surface area contributed by atoms with Gasteiger partial charge in [-0.2, -0.15) is 0 Å². The van der Waals surface area contributed by atoms with Crippen LogP contribution in [0.25, 0.3) is 0 Å². The van der Waals surface area contributed by atoms with Crippen molar-refractivity contribution < 1.29 is 9.59 Å². The molecule has 0 spiro atoms. The number of unbranched alkanes of at least 4 members (excludes halogenated alkanes) is 4. The van der Waals surface area contributed by atoms with Gasteiger partial charge in [0, 0.05) is 6.42 Å². The summed E-state index contributed by atoms with van der Waals surface area (Å²) in [6, 6.07) is 0. The van der Waals surface area contributed by atoms with Crippen molar-refractivity contribution in [1.82, 2.24) is 0 Å². The van der Waals surface area contributed by atoms with Crippen molar-refractivity contribution in [2.24, 2.45) is 0 Å². The monoisotopic (exact) mass is 256 g/mol. The molecule has 0 aliphatic rings. The summed E-state index contributed by atoms with van der Waals surface area (Å²) >= 11 is 0. The van der Waals surface area contributed by atoms with Gasteiger partial charge in [0.25, 0.3) is 0 Å². The molecule has 0 heterocycles. The summed E-state index contributed by atoms with van der Waals surface area (Å²) in [6.07, 6.45) is 10.3. The number of carbonyl (C=O) groups excluding carboxylic acids is 2. The van der Waals surface area contributed by atoms with Gasteiger partial charge in [-0.05, 0) is 42.4 Å². The topological polar surface area (TPSA) is 34.1 Å². The lowest BCUT2D eigenvalue weighted by molar-refractivity contribution is -0.114. The zero-order valence-corrected chi connectivity index (χ0v) is 11.5. The molecule has 0 bridgehead atoms. The van der Waals surface area contributed by atoms with Crippen molar-refractivity contribution in [3.05, 3.63) is 24.8 Å². The number of allylic oxidation sites excluding steroid dienone is 3. The van der Waals surface area contributed by atoms with Crippen molar-refractivity contribution >= 4 is 11.6 Å². The number of hydrogen-bond donors (Lipinski definition) is 0. The van der Waals surface area contributed by atoms with E-state index in [1.807, 2.05) is 0 Å². The van der Waals surface area contributed by atoms with Gasteiger partial charge in [0.05, 0.1) is 0 Å². The van der Waals surface area contributed by atoms with Crippen LogP contribution in [0.15, 0.2) is 24.8 Å². The average molecular weight is 256 g/mol. The van der Waals surface area contributed by atoms with Gasteiger partial charge in [0.2, 0.25) is 5.78 Å². The maximum Gasteiger partial charge on any atom is 0.229 e. The molecule has 0 atom stereocenters. The maximum absolute atomic E-state index is 11.4. The Labute approximate surface area is 116 Å². The molecule has 0 saturated heterocycles. The fraction of sp³-hybridized carbons (Fsp3) is 0.412. The van der Waals surface area contributed by atoms with Gasteiger partial charge >= 0.3 is 0 Å². The molecule has 0 aromatic carbocycles. The van der Waals surface area contributed by atoms with E-state index in [0.717, 1.165) is 18.9 Å². The summed E-state index contributed by atoms with van der Waals surface area (Å²) in [5.41, 5.74) is 0. The van der Waals surface area contributed by atoms with Crippen LogP contribution >= 0.6 is 0 Å². The molecule has 0 aromatic heterocycles. The summed E-state index contributed by atoms with van der Waals surface area (Å²) in [4.78, 5) is 22.1. The fourth-order valence-electron chi connectivity index (χ4n) is 1.34. The zero-order chi connectivity index (χ0) is 14.3. The molecule has 0 saturated carbocycles. The summed E-state index contributed by atoms with van der Waals surface area (Å²) in [5, 5.41) is 0. The second-order valence-corrected chi connectivity index (χ2v) is 4.05. The van der Waals surface area contributed by atoms with Crippen molar-refractivity contribution in [3.8, 4) is 23.7 Å². The average Bonchev–Trinajstić information content (AvgIpc) is 2.42. The van der Waals surface area contributed by atoms with E-state index in [1.165, 1.54) is 31.4 Å². The summed E-state index contributed by atoms with van der Waals surface area (Å²) in [6.45, 7) is 5.45. The van der Waals surface area contributed by atoms with Crippen molar-refractivity contribution in [3.63, 3.8) is 0 Å². The number of hydrogen-bond acceptors (Lipinski definition) is 2. The second-order valence-electron chi connectivity index (χ2n) is 4.05. The van der Waals surface area contributed by atoms with Gasteiger partial charge in [-0.25, -0.2) is 0 Å². The second kappa shape index (κ2) is 12.4. The highest BCUT2D eigenvalue weighted by Gasteiger charge is 1.95. The first-order valence-corrected chi connectivity index (χ1v) is 6.58. The molecule has 0 aliphatic heterocycles. The minimum atomic E-state index is -0.360. The van der Waals surface area contributed by atoms with Gasteiger partial charge < -0.3 is 0 Å². The molecule has 0 N–H and O–H groups in total. The highest BCUT2D eigenvalue weighted by atomic mass is 16.1. The highest BCUT2D eigenvalue weighted by molar-refractivity contribution is 6.04. The van der Waals surface area contributed by atoms with Crippen LogP contribution in [0.5, 0.6) is 0 Å². The molecule has 0 aromatic rings. The van der Waals surface area contributed by atoms with Crippen LogP contribution in [-0.4, -0.2) is 11.6 Å². The van der Waals surface area contributed by atoms with Crippen LogP contribution in [0.3, 0.4) is 0 Å². The lowest BCUT2D eigenvalue weighted by Gasteiger charge is -1.96. The summed E-state index contributed by atoms with van der Waals surface area (Å²) in [5.74, 6) is 9.45. The third-order valence-electron chi connectivity index (χ3n) is 2.39. The highest BCUT2D eigenvalue weighted by Crippen LogP contribution is 2.05. The quantitative estimate of drug-likeness (QED) is 0.289. The minimum Gasteiger partial charge on any atom is -0.295 e. The van der Waals surface area contributed by atoms with E-state index >= 15 is 0 Å². The maximum atomic E-state index is 11.4. The Morgan fingerprint density at radius 3 is 2.53 bits per heavy atom. The predicted octanol–water partition coefficient (Wildman–Crippen LogP) is 3.23. The first-order valence-electron chi connectivity index (χ1n) is 6.58. The van der Waals surface area contributed by atoms with E-state index in [1.54, 1.807) is 0 Å². The Balaban J connectivity index is 3.83. The molecule has 0 aliphatic carbocycles. The molecular weight excluding hydrogens is 236 g/mol. The molecule has 0 radical (unpaired) electrons. The van der Waals surface area contributed by atoms with Crippen LogP contribution < -0.4 is 0 Å². The van der Waals surface area contributed by atoms with Crippen LogP contribution in [0.2, 0.25) is 0 Å². The summed E-state index contributed by atoms with van der Waals surface area (Å²) < 4.78 is 0. The van der Waals surface area contributed by atoms with E-state index < -0.39 is 0 Å². The Bertz CT molecular complexity index is 447. The molecule has 0 amide bonds. The lowest BCUT2D eigenvalue weighted by atomic mass is 10.1. The third-order valence-corrected chi connectivity index (χ3v) is 2.39. The first kappa shape index (κ1) is 16.9. The zero-order valence-electron chi connectivity index (χ0n) is 11.5. The molecular formula is C17H20O2. The molecule has 19 heavy (non-hydrogen) atoms. The molecule has 100 valence electrons. The number of ketones is 2. The van der Waals surface area contributed by atoms with Gasteiger partial charge in [-0.15, -0.1) is 0 Å². The van der Waals surface area contributed by atoms with Gasteiger partial charge in [0.1, 0.15) is 0 Å². The van der Waals surface area contributed by atoms with Crippen LogP contribution in [0.1, 0.15) is 45.4 Å². The standard InChI is InChI=1S/C17H20O2/c1-3-5-6-7-11-14-17(19)15-12-9-8-10-13-16(18)4-2/h4,12,15H,2-3,5-7,11,14H2,1H3. The van der Waals surface area contributed by atoms with Crippen molar-refractivity contribution in [1.29, 1.82) is 0 Å². The van der Waals surface area contributed by atoms with Gasteiger partial charge in [-0.1, -0.05) is 45.1 Å². The number of carbonyl (C=O) groups is 2. The first-order chi connectivity index (χ1) is 9.20. The van der Waals surface area contributed by atoms with E-state index in [4.69, 9.17) is 0 Å². The third kappa shape index (κ3) is 12.2. The Kier molecular flexibility index (Phi) is 11.1. The SMILES string of the molecule is C=CC(=O)C#CC#CC=CC(=O)CCCCCCC.